The third-order valence-electron chi connectivity index (χ3n) is 4.01. The first kappa shape index (κ1) is 19.1. The predicted molar refractivity (Wildman–Crippen MR) is 93.1 cm³/mol. The Morgan fingerprint density at radius 3 is 2.74 bits per heavy atom. The Kier molecular flexibility index (Phi) is 8.22. The highest BCUT2D eigenvalue weighted by molar-refractivity contribution is 5.77. The van der Waals surface area contributed by atoms with E-state index in [0.29, 0.717) is 19.0 Å². The normalized spacial score (nSPS) is 12.0. The number of aldehydes is 1. The van der Waals surface area contributed by atoms with Gasteiger partial charge in [0.05, 0.1) is 0 Å². The van der Waals surface area contributed by atoms with Crippen LogP contribution in [-0.4, -0.2) is 37.7 Å². The van der Waals surface area contributed by atoms with Crippen molar-refractivity contribution < 1.29 is 9.59 Å². The number of carbonyl (C=O) groups excluding carboxylic acids is 2. The zero-order chi connectivity index (χ0) is 17.2. The highest BCUT2D eigenvalue weighted by Crippen LogP contribution is 2.16. The minimum absolute atomic E-state index is 0.313. The molecular formula is C18H27N3O2. The Bertz CT molecular complexity index is 543. The maximum absolute atomic E-state index is 11.2. The molecule has 1 amide bonds. The van der Waals surface area contributed by atoms with Crippen LogP contribution in [0.1, 0.15) is 41.3 Å². The molecule has 0 aliphatic carbocycles. The van der Waals surface area contributed by atoms with Gasteiger partial charge >= 0.3 is 0 Å². The topological polar surface area (TPSA) is 61.4 Å². The zero-order valence-electron chi connectivity index (χ0n) is 14.3. The molecule has 0 aliphatic rings. The molecule has 2 N–H and O–H groups in total. The lowest BCUT2D eigenvalue weighted by Crippen LogP contribution is -2.29. The number of allylic oxidation sites excluding steroid dienone is 1. The number of nitrogens with one attached hydrogen (secondary N) is 2. The molecule has 0 radical (unpaired) electrons. The summed E-state index contributed by atoms with van der Waals surface area (Å²) in [6.07, 6.45) is 3.20. The monoisotopic (exact) mass is 317 g/mol. The third kappa shape index (κ3) is 6.34. The number of hydrogen-bond acceptors (Lipinski definition) is 4. The van der Waals surface area contributed by atoms with Gasteiger partial charge in [0, 0.05) is 30.4 Å². The number of amides is 1. The number of hydrogen-bond donors (Lipinski definition) is 2. The molecule has 126 valence electrons. The minimum atomic E-state index is 0.313. The average Bonchev–Trinajstić information content (AvgIpc) is 2.53. The zero-order valence-corrected chi connectivity index (χ0v) is 14.3. The van der Waals surface area contributed by atoms with Gasteiger partial charge in [-0.1, -0.05) is 24.8 Å². The van der Waals surface area contributed by atoms with Crippen molar-refractivity contribution in [3.05, 3.63) is 47.2 Å². The van der Waals surface area contributed by atoms with E-state index in [1.54, 1.807) is 0 Å². The van der Waals surface area contributed by atoms with Crippen molar-refractivity contribution in [2.24, 2.45) is 0 Å². The second-order valence-electron chi connectivity index (χ2n) is 5.85. The van der Waals surface area contributed by atoms with Gasteiger partial charge in [0.15, 0.2) is 0 Å². The van der Waals surface area contributed by atoms with Crippen LogP contribution in [0.15, 0.2) is 30.5 Å². The Labute approximate surface area is 138 Å². The summed E-state index contributed by atoms with van der Waals surface area (Å²) in [7, 11) is 3.95. The van der Waals surface area contributed by atoms with Gasteiger partial charge in [-0.05, 0) is 45.0 Å². The van der Waals surface area contributed by atoms with Gasteiger partial charge < -0.3 is 10.6 Å². The lowest BCUT2D eigenvalue weighted by molar-refractivity contribution is -0.109. The van der Waals surface area contributed by atoms with Crippen molar-refractivity contribution in [1.29, 1.82) is 0 Å². The summed E-state index contributed by atoms with van der Waals surface area (Å²) in [6, 6.07) is 6.25. The molecular weight excluding hydrogens is 290 g/mol. The summed E-state index contributed by atoms with van der Waals surface area (Å²) >= 11 is 0. The van der Waals surface area contributed by atoms with Crippen LogP contribution in [0.2, 0.25) is 0 Å². The fourth-order valence-corrected chi connectivity index (χ4v) is 2.41. The third-order valence-corrected chi connectivity index (χ3v) is 4.01. The molecule has 0 bridgehead atoms. The Morgan fingerprint density at radius 1 is 1.39 bits per heavy atom. The van der Waals surface area contributed by atoms with Crippen LogP contribution in [0.5, 0.6) is 0 Å². The summed E-state index contributed by atoms with van der Waals surface area (Å²) in [5.41, 5.74) is 3.66. The molecule has 0 aromatic heterocycles. The fourth-order valence-electron chi connectivity index (χ4n) is 2.41. The second-order valence-corrected chi connectivity index (χ2v) is 5.85. The molecule has 5 heteroatoms. The van der Waals surface area contributed by atoms with Crippen LogP contribution >= 0.6 is 0 Å². The van der Waals surface area contributed by atoms with Crippen LogP contribution in [0.25, 0.3) is 0 Å². The van der Waals surface area contributed by atoms with Crippen molar-refractivity contribution in [1.82, 2.24) is 15.5 Å². The molecule has 1 rings (SSSR count). The van der Waals surface area contributed by atoms with E-state index in [2.05, 4.69) is 35.1 Å². The molecule has 0 fully saturated rings. The standard InChI is InChI=1S/C18H27N3O2/c1-14(20-13-23)5-6-15(2)21(4)11-18-9-16(10-19-3)7-8-17(18)12-22/h7-9,12-13,15,19H,1,5-6,10-11H2,2-4H3,(H,20,23). The van der Waals surface area contributed by atoms with Crippen LogP contribution in [0.4, 0.5) is 0 Å². The number of benzene rings is 1. The van der Waals surface area contributed by atoms with Gasteiger partial charge in [-0.25, -0.2) is 0 Å². The highest BCUT2D eigenvalue weighted by Gasteiger charge is 2.12. The van der Waals surface area contributed by atoms with E-state index in [-0.39, 0.29) is 0 Å². The fraction of sp³-hybridized carbons (Fsp3) is 0.444. The van der Waals surface area contributed by atoms with Gasteiger partial charge in [-0.2, -0.15) is 0 Å². The van der Waals surface area contributed by atoms with Crippen LogP contribution < -0.4 is 10.6 Å². The van der Waals surface area contributed by atoms with Crippen LogP contribution in [-0.2, 0) is 17.9 Å². The molecule has 0 saturated heterocycles. The molecule has 0 aliphatic heterocycles. The van der Waals surface area contributed by atoms with E-state index in [0.717, 1.165) is 48.1 Å². The maximum atomic E-state index is 11.2. The van der Waals surface area contributed by atoms with E-state index in [4.69, 9.17) is 0 Å². The largest absolute Gasteiger partial charge is 0.333 e. The summed E-state index contributed by atoms with van der Waals surface area (Å²) in [5, 5.41) is 5.70. The molecule has 0 heterocycles. The summed E-state index contributed by atoms with van der Waals surface area (Å²) in [6.45, 7) is 7.43. The molecule has 0 saturated carbocycles. The SMILES string of the molecule is C=C(CCC(C)N(C)Cc1cc(CNC)ccc1C=O)NC=O. The highest BCUT2D eigenvalue weighted by atomic mass is 16.1. The molecule has 1 unspecified atom stereocenters. The Hall–Kier alpha value is -1.98. The van der Waals surface area contributed by atoms with Crippen LogP contribution in [0.3, 0.4) is 0 Å². The smallest absolute Gasteiger partial charge is 0.211 e. The van der Waals surface area contributed by atoms with Crippen molar-refractivity contribution >= 4 is 12.7 Å². The van der Waals surface area contributed by atoms with E-state index >= 15 is 0 Å². The molecule has 1 aromatic carbocycles. The van der Waals surface area contributed by atoms with Crippen molar-refractivity contribution in [3.8, 4) is 0 Å². The lowest BCUT2D eigenvalue weighted by atomic mass is 10.0. The van der Waals surface area contributed by atoms with E-state index in [9.17, 15) is 9.59 Å². The lowest BCUT2D eigenvalue weighted by Gasteiger charge is -2.26. The molecule has 1 aromatic rings. The number of carbonyl (C=O) groups is 2. The van der Waals surface area contributed by atoms with Gasteiger partial charge in [0.1, 0.15) is 6.29 Å². The Morgan fingerprint density at radius 2 is 2.13 bits per heavy atom. The minimum Gasteiger partial charge on any atom is -0.333 e. The molecule has 23 heavy (non-hydrogen) atoms. The van der Waals surface area contributed by atoms with Gasteiger partial charge in [-0.3, -0.25) is 14.5 Å². The first-order valence-electron chi connectivity index (χ1n) is 7.81. The van der Waals surface area contributed by atoms with E-state index < -0.39 is 0 Å². The molecule has 1 atom stereocenters. The van der Waals surface area contributed by atoms with Crippen molar-refractivity contribution in [2.45, 2.75) is 38.9 Å². The van der Waals surface area contributed by atoms with Gasteiger partial charge in [0.25, 0.3) is 0 Å². The summed E-state index contributed by atoms with van der Waals surface area (Å²) in [5.74, 6) is 0. The first-order chi connectivity index (χ1) is 11.0. The van der Waals surface area contributed by atoms with Gasteiger partial charge in [0.2, 0.25) is 6.41 Å². The second kappa shape index (κ2) is 9.92. The van der Waals surface area contributed by atoms with Crippen LogP contribution in [0, 0.1) is 0 Å². The van der Waals surface area contributed by atoms with Crippen molar-refractivity contribution in [3.63, 3.8) is 0 Å². The molecule has 5 nitrogen and oxygen atoms in total. The number of nitrogens with zero attached hydrogens (tertiary/aromatic N) is 1. The number of rotatable bonds is 11. The summed E-state index contributed by atoms with van der Waals surface area (Å²) < 4.78 is 0. The Balaban J connectivity index is 2.69. The summed E-state index contributed by atoms with van der Waals surface area (Å²) in [4.78, 5) is 23.8. The predicted octanol–water partition coefficient (Wildman–Crippen LogP) is 2.08. The van der Waals surface area contributed by atoms with Gasteiger partial charge in [-0.15, -0.1) is 0 Å². The van der Waals surface area contributed by atoms with E-state index in [1.807, 2.05) is 26.2 Å². The average molecular weight is 317 g/mol. The molecule has 0 spiro atoms. The quantitative estimate of drug-likeness (QED) is 0.614. The van der Waals surface area contributed by atoms with E-state index in [1.165, 1.54) is 0 Å². The van der Waals surface area contributed by atoms with Crippen molar-refractivity contribution in [2.75, 3.05) is 14.1 Å². The maximum Gasteiger partial charge on any atom is 0.211 e. The first-order valence-corrected chi connectivity index (χ1v) is 7.81.